The molecule has 0 bridgehead atoms. The highest BCUT2D eigenvalue weighted by Crippen LogP contribution is 2.32. The molecule has 4 rings (SSSR count). The first kappa shape index (κ1) is 22.7. The van der Waals surface area contributed by atoms with Crippen LogP contribution in [0.25, 0.3) is 22.6 Å². The van der Waals surface area contributed by atoms with Gasteiger partial charge in [-0.25, -0.2) is 4.98 Å². The minimum Gasteiger partial charge on any atom is -0.496 e. The molecule has 0 aliphatic carbocycles. The van der Waals surface area contributed by atoms with E-state index >= 15 is 0 Å². The normalized spacial score (nSPS) is 10.8. The lowest BCUT2D eigenvalue weighted by atomic mass is 10.1. The quantitative estimate of drug-likeness (QED) is 0.298. The van der Waals surface area contributed by atoms with Crippen LogP contribution in [0.15, 0.2) is 63.5 Å². The third-order valence-electron chi connectivity index (χ3n) is 4.81. The van der Waals surface area contributed by atoms with Crippen molar-refractivity contribution < 1.29 is 23.4 Å². The number of ether oxygens (including phenoxy) is 3. The lowest BCUT2D eigenvalue weighted by Crippen LogP contribution is -2.12. The van der Waals surface area contributed by atoms with Crippen molar-refractivity contribution >= 4 is 38.6 Å². The van der Waals surface area contributed by atoms with Crippen LogP contribution in [0.1, 0.15) is 24.2 Å². The van der Waals surface area contributed by atoms with Crippen molar-refractivity contribution in [3.05, 3.63) is 64.6 Å². The number of halogens is 1. The molecule has 33 heavy (non-hydrogen) atoms. The monoisotopic (exact) mass is 510 g/mol. The van der Waals surface area contributed by atoms with Crippen molar-refractivity contribution in [1.29, 1.82) is 0 Å². The molecule has 0 radical (unpaired) electrons. The molecule has 1 heterocycles. The second-order valence-corrected chi connectivity index (χ2v) is 7.92. The van der Waals surface area contributed by atoms with Crippen molar-refractivity contribution in [3.63, 3.8) is 0 Å². The van der Waals surface area contributed by atoms with E-state index in [2.05, 4.69) is 26.2 Å². The highest BCUT2D eigenvalue weighted by molar-refractivity contribution is 9.10. The van der Waals surface area contributed by atoms with Crippen molar-refractivity contribution in [2.24, 2.45) is 0 Å². The summed E-state index contributed by atoms with van der Waals surface area (Å²) in [5.74, 6) is 2.08. The summed E-state index contributed by atoms with van der Waals surface area (Å²) < 4.78 is 23.1. The number of anilines is 1. The zero-order chi connectivity index (χ0) is 23.4. The predicted molar refractivity (Wildman–Crippen MR) is 130 cm³/mol. The largest absolute Gasteiger partial charge is 0.496 e. The highest BCUT2D eigenvalue weighted by atomic mass is 79.9. The number of nitrogens with one attached hydrogen (secondary N) is 1. The van der Waals surface area contributed by atoms with Crippen molar-refractivity contribution in [2.75, 3.05) is 25.6 Å². The van der Waals surface area contributed by atoms with Crippen LogP contribution in [0.5, 0.6) is 17.2 Å². The molecule has 7 nitrogen and oxygen atoms in total. The summed E-state index contributed by atoms with van der Waals surface area (Å²) in [5.41, 5.74) is 3.09. The van der Waals surface area contributed by atoms with Gasteiger partial charge in [0.1, 0.15) is 22.8 Å². The van der Waals surface area contributed by atoms with E-state index in [-0.39, 0.29) is 5.91 Å². The van der Waals surface area contributed by atoms with Gasteiger partial charge in [-0.05, 0) is 78.3 Å². The summed E-state index contributed by atoms with van der Waals surface area (Å²) in [6, 6.07) is 16.1. The number of hydrogen-bond acceptors (Lipinski definition) is 6. The average molecular weight is 511 g/mol. The van der Waals surface area contributed by atoms with Crippen LogP contribution in [0.4, 0.5) is 5.69 Å². The molecular weight excluding hydrogens is 488 g/mol. The maximum Gasteiger partial charge on any atom is 0.255 e. The molecule has 0 unspecified atom stereocenters. The van der Waals surface area contributed by atoms with Gasteiger partial charge in [0, 0.05) is 22.9 Å². The summed E-state index contributed by atoms with van der Waals surface area (Å²) in [6.07, 6.45) is 0. The van der Waals surface area contributed by atoms with Gasteiger partial charge in [0.25, 0.3) is 5.91 Å². The van der Waals surface area contributed by atoms with Crippen molar-refractivity contribution in [3.8, 4) is 28.7 Å². The topological polar surface area (TPSA) is 82.8 Å². The maximum absolute atomic E-state index is 12.9. The molecule has 8 heteroatoms. The molecule has 1 amide bonds. The Morgan fingerprint density at radius 3 is 2.36 bits per heavy atom. The number of nitrogens with zero attached hydrogens (tertiary/aromatic N) is 1. The van der Waals surface area contributed by atoms with Gasteiger partial charge in [-0.2, -0.15) is 0 Å². The minimum atomic E-state index is -0.278. The number of hydrogen-bond donors (Lipinski definition) is 1. The summed E-state index contributed by atoms with van der Waals surface area (Å²) >= 11 is 3.48. The first-order valence-electron chi connectivity index (χ1n) is 10.5. The maximum atomic E-state index is 12.9. The fourth-order valence-corrected chi connectivity index (χ4v) is 3.87. The lowest BCUT2D eigenvalue weighted by molar-refractivity contribution is 0.102. The SMILES string of the molecule is CCOc1cc(OCC)cc(C(=O)Nc2ccc3oc(-c4ccc(OC)c(Br)c4)nc3c2)c1. The van der Waals surface area contributed by atoms with Gasteiger partial charge >= 0.3 is 0 Å². The zero-order valence-electron chi connectivity index (χ0n) is 18.5. The fourth-order valence-electron chi connectivity index (χ4n) is 3.33. The van der Waals surface area contributed by atoms with Gasteiger partial charge in [0.2, 0.25) is 5.89 Å². The van der Waals surface area contributed by atoms with E-state index < -0.39 is 0 Å². The van der Waals surface area contributed by atoms with Crippen molar-refractivity contribution in [2.45, 2.75) is 13.8 Å². The third kappa shape index (κ3) is 5.12. The highest BCUT2D eigenvalue weighted by Gasteiger charge is 2.14. The Hall–Kier alpha value is -3.52. The van der Waals surface area contributed by atoms with Crippen LogP contribution in [0.2, 0.25) is 0 Å². The van der Waals surface area contributed by atoms with E-state index in [1.165, 1.54) is 0 Å². The molecule has 0 fully saturated rings. The van der Waals surface area contributed by atoms with E-state index in [0.29, 0.717) is 53.0 Å². The number of benzene rings is 3. The van der Waals surface area contributed by atoms with Crippen molar-refractivity contribution in [1.82, 2.24) is 4.98 Å². The molecule has 0 saturated carbocycles. The number of carbonyl (C=O) groups excluding carboxylic acids is 1. The van der Waals surface area contributed by atoms with Gasteiger partial charge in [0.05, 0.1) is 24.8 Å². The van der Waals surface area contributed by atoms with Gasteiger partial charge in [-0.1, -0.05) is 0 Å². The molecule has 3 aromatic carbocycles. The number of rotatable bonds is 8. The molecule has 1 N–H and O–H groups in total. The van der Waals surface area contributed by atoms with Gasteiger partial charge < -0.3 is 23.9 Å². The van der Waals surface area contributed by atoms with E-state index in [1.54, 1.807) is 43.5 Å². The molecule has 1 aromatic heterocycles. The summed E-state index contributed by atoms with van der Waals surface area (Å²) in [5, 5.41) is 2.91. The Kier molecular flexibility index (Phi) is 6.84. The van der Waals surface area contributed by atoms with E-state index in [0.717, 1.165) is 15.8 Å². The van der Waals surface area contributed by atoms with Crippen LogP contribution >= 0.6 is 15.9 Å². The molecule has 4 aromatic rings. The number of methoxy groups -OCH3 is 1. The number of amides is 1. The second-order valence-electron chi connectivity index (χ2n) is 7.06. The smallest absolute Gasteiger partial charge is 0.255 e. The fraction of sp³-hybridized carbons (Fsp3) is 0.200. The molecule has 0 atom stereocenters. The first-order valence-corrected chi connectivity index (χ1v) is 11.3. The number of fused-ring (bicyclic) bond motifs is 1. The van der Waals surface area contributed by atoms with Crippen LogP contribution in [-0.2, 0) is 0 Å². The summed E-state index contributed by atoms with van der Waals surface area (Å²) in [4.78, 5) is 17.5. The number of oxazole rings is 1. The molecular formula is C25H23BrN2O5. The Labute approximate surface area is 199 Å². The first-order chi connectivity index (χ1) is 16.0. The minimum absolute atomic E-state index is 0.278. The van der Waals surface area contributed by atoms with Crippen LogP contribution in [0.3, 0.4) is 0 Å². The summed E-state index contributed by atoms with van der Waals surface area (Å²) in [6.45, 7) is 4.76. The number of carbonyl (C=O) groups is 1. The van der Waals surface area contributed by atoms with E-state index in [1.807, 2.05) is 32.0 Å². The molecule has 0 spiro atoms. The number of aromatic nitrogens is 1. The Bertz CT molecular complexity index is 1280. The van der Waals surface area contributed by atoms with Gasteiger partial charge in [0.15, 0.2) is 5.58 Å². The molecule has 0 aliphatic heterocycles. The van der Waals surface area contributed by atoms with Gasteiger partial charge in [-0.3, -0.25) is 4.79 Å². The lowest BCUT2D eigenvalue weighted by Gasteiger charge is -2.11. The predicted octanol–water partition coefficient (Wildman–Crippen LogP) is 6.32. The Morgan fingerprint density at radius 2 is 1.73 bits per heavy atom. The standard InChI is InChI=1S/C25H23BrN2O5/c1-4-31-18-10-16(11-19(14-18)32-5-2)24(29)27-17-7-9-23-21(13-17)28-25(33-23)15-6-8-22(30-3)20(26)12-15/h6-14H,4-5H2,1-3H3,(H,27,29). The Balaban J connectivity index is 1.58. The van der Waals surface area contributed by atoms with Crippen LogP contribution in [-0.4, -0.2) is 31.2 Å². The molecule has 0 aliphatic rings. The Morgan fingerprint density at radius 1 is 1.00 bits per heavy atom. The summed E-state index contributed by atoms with van der Waals surface area (Å²) in [7, 11) is 1.61. The van der Waals surface area contributed by atoms with E-state index in [4.69, 9.17) is 18.6 Å². The molecule has 0 saturated heterocycles. The zero-order valence-corrected chi connectivity index (χ0v) is 20.1. The average Bonchev–Trinajstić information content (AvgIpc) is 3.23. The van der Waals surface area contributed by atoms with Gasteiger partial charge in [-0.15, -0.1) is 0 Å². The van der Waals surface area contributed by atoms with E-state index in [9.17, 15) is 4.79 Å². The van der Waals surface area contributed by atoms with Crippen LogP contribution in [0, 0.1) is 0 Å². The molecule has 170 valence electrons. The third-order valence-corrected chi connectivity index (χ3v) is 5.43. The second kappa shape index (κ2) is 9.95. The van der Waals surface area contributed by atoms with Crippen LogP contribution < -0.4 is 19.5 Å².